The summed E-state index contributed by atoms with van der Waals surface area (Å²) in [7, 11) is 1.34. The summed E-state index contributed by atoms with van der Waals surface area (Å²) < 4.78 is 48.3. The molecule has 2 bridgehead atoms. The fraction of sp³-hybridized carbons (Fsp3) is 0.320. The van der Waals surface area contributed by atoms with Crippen LogP contribution in [0.25, 0.3) is 6.08 Å². The topological polar surface area (TPSA) is 88.4 Å². The van der Waals surface area contributed by atoms with Crippen molar-refractivity contribution in [3.8, 4) is 17.2 Å². The SMILES string of the molecule is CCOC(=O)[C@@H]1[C@H]2c3ccccc3O[C@@]1(C)N=c1s/c(=C\c3ccc(OC(F)F)c(OC)c3)c(=O)n12. The zero-order valence-corrected chi connectivity index (χ0v) is 20.4. The Morgan fingerprint density at radius 1 is 1.28 bits per heavy atom. The minimum Gasteiger partial charge on any atom is -0.493 e. The van der Waals surface area contributed by atoms with E-state index in [1.807, 2.05) is 18.2 Å². The number of carbonyl (C=O) groups is 1. The normalized spacial score (nSPS) is 22.2. The molecule has 0 fully saturated rings. The second-order valence-electron chi connectivity index (χ2n) is 8.34. The lowest BCUT2D eigenvalue weighted by Crippen LogP contribution is -2.58. The van der Waals surface area contributed by atoms with Gasteiger partial charge in [0.05, 0.1) is 24.3 Å². The van der Waals surface area contributed by atoms with Gasteiger partial charge in [0.15, 0.2) is 16.3 Å². The number of fused-ring (bicyclic) bond motifs is 6. The number of halogens is 2. The van der Waals surface area contributed by atoms with Gasteiger partial charge in [0.2, 0.25) is 5.72 Å². The molecule has 2 aliphatic heterocycles. The van der Waals surface area contributed by atoms with E-state index >= 15 is 0 Å². The van der Waals surface area contributed by atoms with Crippen molar-refractivity contribution in [2.45, 2.75) is 32.2 Å². The molecule has 2 aliphatic rings. The smallest absolute Gasteiger partial charge is 0.387 e. The summed E-state index contributed by atoms with van der Waals surface area (Å²) in [5, 5.41) is 0. The first kappa shape index (κ1) is 24.0. The van der Waals surface area contributed by atoms with E-state index in [4.69, 9.17) is 19.2 Å². The van der Waals surface area contributed by atoms with Crippen LogP contribution in [-0.2, 0) is 9.53 Å². The first-order valence-corrected chi connectivity index (χ1v) is 12.0. The molecule has 2 aromatic carbocycles. The molecule has 1 aromatic heterocycles. The van der Waals surface area contributed by atoms with Gasteiger partial charge in [-0.15, -0.1) is 0 Å². The average molecular weight is 517 g/mol. The van der Waals surface area contributed by atoms with Crippen LogP contribution in [-0.4, -0.2) is 36.6 Å². The Labute approximate surface area is 208 Å². The quantitative estimate of drug-likeness (QED) is 0.469. The number of carbonyl (C=O) groups excluding carboxylic acids is 1. The molecule has 3 aromatic rings. The van der Waals surface area contributed by atoms with E-state index in [2.05, 4.69) is 4.74 Å². The summed E-state index contributed by atoms with van der Waals surface area (Å²) in [5.74, 6) is -0.844. The van der Waals surface area contributed by atoms with Gasteiger partial charge in [0.25, 0.3) is 5.56 Å². The van der Waals surface area contributed by atoms with Crippen molar-refractivity contribution in [3.05, 3.63) is 73.3 Å². The van der Waals surface area contributed by atoms with Gasteiger partial charge in [-0.25, -0.2) is 4.99 Å². The van der Waals surface area contributed by atoms with Gasteiger partial charge in [0.1, 0.15) is 11.7 Å². The largest absolute Gasteiger partial charge is 0.493 e. The van der Waals surface area contributed by atoms with Crippen molar-refractivity contribution in [2.75, 3.05) is 13.7 Å². The first-order chi connectivity index (χ1) is 17.3. The fourth-order valence-electron chi connectivity index (χ4n) is 4.66. The second-order valence-corrected chi connectivity index (χ2v) is 9.35. The Hall–Kier alpha value is -3.73. The summed E-state index contributed by atoms with van der Waals surface area (Å²) in [4.78, 5) is 31.8. The van der Waals surface area contributed by atoms with Crippen LogP contribution < -0.4 is 29.1 Å². The molecule has 8 nitrogen and oxygen atoms in total. The minimum absolute atomic E-state index is 0.100. The molecule has 36 heavy (non-hydrogen) atoms. The molecule has 3 atom stereocenters. The van der Waals surface area contributed by atoms with Gasteiger partial charge in [0, 0.05) is 5.56 Å². The summed E-state index contributed by atoms with van der Waals surface area (Å²) in [6.07, 6.45) is 1.61. The van der Waals surface area contributed by atoms with Crippen LogP contribution in [0.5, 0.6) is 17.2 Å². The maximum Gasteiger partial charge on any atom is 0.387 e. The zero-order chi connectivity index (χ0) is 25.6. The van der Waals surface area contributed by atoms with Crippen LogP contribution >= 0.6 is 11.3 Å². The highest BCUT2D eigenvalue weighted by Crippen LogP contribution is 2.47. The molecular formula is C25H22F2N2O6S. The maximum atomic E-state index is 13.7. The molecule has 0 radical (unpaired) electrons. The van der Waals surface area contributed by atoms with Crippen LogP contribution in [0.3, 0.4) is 0 Å². The minimum atomic E-state index is -3.00. The van der Waals surface area contributed by atoms with Crippen LogP contribution in [0.15, 0.2) is 52.3 Å². The van der Waals surface area contributed by atoms with E-state index in [9.17, 15) is 18.4 Å². The molecule has 0 aliphatic carbocycles. The molecule has 0 saturated heterocycles. The number of aromatic nitrogens is 1. The lowest BCUT2D eigenvalue weighted by Gasteiger charge is -2.44. The standard InChI is InChI=1S/C25H22F2N2O6S/c1-4-33-22(31)19-20-14-7-5-6-8-15(14)35-25(19,2)28-24-29(20)21(30)18(36-24)12-13-9-10-16(34-23(26)27)17(11-13)32-3/h5-12,19-20,23H,4H2,1-3H3/b18-12-/t19-,20+,25+/m0/s1. The summed E-state index contributed by atoms with van der Waals surface area (Å²) in [6.45, 7) is 0.604. The van der Waals surface area contributed by atoms with E-state index in [1.54, 1.807) is 32.1 Å². The third kappa shape index (κ3) is 3.93. The number of ether oxygens (including phenoxy) is 4. The van der Waals surface area contributed by atoms with Crippen molar-refractivity contribution in [1.82, 2.24) is 4.57 Å². The highest BCUT2D eigenvalue weighted by atomic mass is 32.1. The van der Waals surface area contributed by atoms with E-state index < -0.39 is 30.3 Å². The fourth-order valence-corrected chi connectivity index (χ4v) is 5.75. The summed E-state index contributed by atoms with van der Waals surface area (Å²) in [5.41, 5.74) is -0.385. The molecule has 3 heterocycles. The number of nitrogens with zero attached hydrogens (tertiary/aromatic N) is 2. The van der Waals surface area contributed by atoms with Crippen molar-refractivity contribution in [1.29, 1.82) is 0 Å². The number of thiazole rings is 1. The number of alkyl halides is 2. The lowest BCUT2D eigenvalue weighted by atomic mass is 9.81. The van der Waals surface area contributed by atoms with Gasteiger partial charge in [-0.1, -0.05) is 35.6 Å². The number of hydrogen-bond acceptors (Lipinski definition) is 8. The van der Waals surface area contributed by atoms with Gasteiger partial charge >= 0.3 is 12.6 Å². The molecule has 11 heteroatoms. The van der Waals surface area contributed by atoms with Crippen LogP contribution in [0.2, 0.25) is 0 Å². The molecule has 0 amide bonds. The van der Waals surface area contributed by atoms with E-state index in [0.717, 1.165) is 11.3 Å². The van der Waals surface area contributed by atoms with Crippen molar-refractivity contribution >= 4 is 23.4 Å². The number of rotatable bonds is 6. The molecule has 0 N–H and O–H groups in total. The third-order valence-electron chi connectivity index (χ3n) is 6.12. The van der Waals surface area contributed by atoms with E-state index in [-0.39, 0.29) is 23.7 Å². The van der Waals surface area contributed by atoms with Gasteiger partial charge < -0.3 is 18.9 Å². The number of para-hydroxylation sites is 1. The Kier molecular flexibility index (Phi) is 6.03. The van der Waals surface area contributed by atoms with Gasteiger partial charge in [-0.05, 0) is 43.7 Å². The number of esters is 1. The maximum absolute atomic E-state index is 13.7. The first-order valence-electron chi connectivity index (χ1n) is 11.2. The number of benzene rings is 2. The highest BCUT2D eigenvalue weighted by molar-refractivity contribution is 7.07. The Morgan fingerprint density at radius 2 is 2.06 bits per heavy atom. The van der Waals surface area contributed by atoms with Crippen molar-refractivity contribution in [2.24, 2.45) is 10.9 Å². The predicted molar refractivity (Wildman–Crippen MR) is 126 cm³/mol. The predicted octanol–water partition coefficient (Wildman–Crippen LogP) is 2.86. The lowest BCUT2D eigenvalue weighted by molar-refractivity contribution is -0.160. The Bertz CT molecular complexity index is 1520. The summed E-state index contributed by atoms with van der Waals surface area (Å²) in [6, 6.07) is 10.9. The molecule has 188 valence electrons. The zero-order valence-electron chi connectivity index (χ0n) is 19.6. The Balaban J connectivity index is 1.68. The molecule has 5 rings (SSSR count). The third-order valence-corrected chi connectivity index (χ3v) is 7.10. The molecule has 0 spiro atoms. The molecule has 0 saturated carbocycles. The van der Waals surface area contributed by atoms with Crippen LogP contribution in [0.1, 0.15) is 31.0 Å². The summed E-state index contributed by atoms with van der Waals surface area (Å²) >= 11 is 1.15. The van der Waals surface area contributed by atoms with Crippen molar-refractivity contribution in [3.63, 3.8) is 0 Å². The molecular weight excluding hydrogens is 494 g/mol. The van der Waals surface area contributed by atoms with E-state index in [0.29, 0.717) is 26.2 Å². The number of methoxy groups -OCH3 is 1. The molecule has 0 unspecified atom stereocenters. The van der Waals surface area contributed by atoms with E-state index in [1.165, 1.54) is 23.8 Å². The van der Waals surface area contributed by atoms with Gasteiger partial charge in [-0.3, -0.25) is 14.2 Å². The average Bonchev–Trinajstić information content (AvgIpc) is 3.12. The highest BCUT2D eigenvalue weighted by Gasteiger charge is 2.55. The monoisotopic (exact) mass is 516 g/mol. The number of hydrogen-bond donors (Lipinski definition) is 0. The van der Waals surface area contributed by atoms with Crippen LogP contribution in [0, 0.1) is 5.92 Å². The van der Waals surface area contributed by atoms with Gasteiger partial charge in [-0.2, -0.15) is 8.78 Å². The Morgan fingerprint density at radius 3 is 2.78 bits per heavy atom. The second kappa shape index (κ2) is 9.05. The van der Waals surface area contributed by atoms with Crippen molar-refractivity contribution < 1.29 is 32.5 Å². The van der Waals surface area contributed by atoms with Crippen LogP contribution in [0.4, 0.5) is 8.78 Å².